The van der Waals surface area contributed by atoms with Crippen LogP contribution in [0.4, 0.5) is 0 Å². The van der Waals surface area contributed by atoms with E-state index in [1.54, 1.807) is 0 Å². The minimum Gasteiger partial charge on any atom is -0.480 e. The number of rotatable bonds is 4. The summed E-state index contributed by atoms with van der Waals surface area (Å²) in [6, 6.07) is 29.7. The number of carboxylic acids is 1. The van der Waals surface area contributed by atoms with Gasteiger partial charge in [0.25, 0.3) is 0 Å². The Hall–Kier alpha value is -2.56. The van der Waals surface area contributed by atoms with Crippen molar-refractivity contribution in [1.82, 2.24) is 0 Å². The van der Waals surface area contributed by atoms with Crippen LogP contribution in [0.5, 0.6) is 0 Å². The van der Waals surface area contributed by atoms with Crippen molar-refractivity contribution in [2.24, 2.45) is 5.73 Å². The van der Waals surface area contributed by atoms with Crippen LogP contribution in [0.3, 0.4) is 0 Å². The number of fused-ring (bicyclic) bond motifs is 2. The van der Waals surface area contributed by atoms with Crippen LogP contribution in [0.15, 0.2) is 84.9 Å². The molecule has 0 saturated carbocycles. The van der Waals surface area contributed by atoms with Gasteiger partial charge in [-0.25, -0.2) is 0 Å². The Bertz CT molecular complexity index is 813. The Kier molecular flexibility index (Phi) is 5.45. The molecule has 2 bridgehead atoms. The molecule has 0 aliphatic heterocycles. The molecular weight excluding hydrogens is 342 g/mol. The number of hydrogen-bond acceptors (Lipinski definition) is 3. The fraction of sp³-hybridized carbons (Fsp3) is 0.136. The van der Waals surface area contributed by atoms with Crippen LogP contribution >= 0.6 is 12.6 Å². The van der Waals surface area contributed by atoms with E-state index in [2.05, 4.69) is 97.6 Å². The lowest BCUT2D eigenvalue weighted by atomic mass is 9.58. The summed E-state index contributed by atoms with van der Waals surface area (Å²) in [6.45, 7) is 0. The summed E-state index contributed by atoms with van der Waals surface area (Å²) < 4.78 is 0. The lowest BCUT2D eigenvalue weighted by molar-refractivity contribution is -0.137. The Morgan fingerprint density at radius 2 is 1.27 bits per heavy atom. The number of carbonyl (C=O) groups is 1. The molecule has 4 heteroatoms. The first-order valence-electron chi connectivity index (χ1n) is 8.42. The molecular formula is C22H21NO2S. The van der Waals surface area contributed by atoms with Gasteiger partial charge in [0.15, 0.2) is 0 Å². The first-order valence-corrected chi connectivity index (χ1v) is 9.05. The number of benzene rings is 3. The first kappa shape index (κ1) is 18.2. The summed E-state index contributed by atoms with van der Waals surface area (Å²) in [6.07, 6.45) is 0. The van der Waals surface area contributed by atoms with Gasteiger partial charge in [-0.3, -0.25) is 4.79 Å². The summed E-state index contributed by atoms with van der Waals surface area (Å²) >= 11 is 3.65. The molecule has 0 aromatic heterocycles. The highest BCUT2D eigenvalue weighted by Crippen LogP contribution is 2.51. The molecule has 1 atom stereocenters. The van der Waals surface area contributed by atoms with Gasteiger partial charge in [0.05, 0.1) is 5.41 Å². The van der Waals surface area contributed by atoms with Crippen molar-refractivity contribution in [3.8, 4) is 0 Å². The van der Waals surface area contributed by atoms with E-state index >= 15 is 0 Å². The molecule has 3 N–H and O–H groups in total. The van der Waals surface area contributed by atoms with Crippen LogP contribution < -0.4 is 5.73 Å². The summed E-state index contributed by atoms with van der Waals surface area (Å²) in [5.41, 5.74) is 10.4. The Morgan fingerprint density at radius 1 is 0.846 bits per heavy atom. The first-order chi connectivity index (χ1) is 12.6. The minimum atomic E-state index is -1.00. The van der Waals surface area contributed by atoms with Crippen molar-refractivity contribution >= 4 is 18.6 Å². The van der Waals surface area contributed by atoms with Gasteiger partial charge in [0, 0.05) is 5.75 Å². The fourth-order valence-corrected chi connectivity index (χ4v) is 3.52. The predicted octanol–water partition coefficient (Wildman–Crippen LogP) is 3.71. The molecule has 3 aromatic rings. The van der Waals surface area contributed by atoms with Gasteiger partial charge in [-0.2, -0.15) is 12.6 Å². The molecule has 26 heavy (non-hydrogen) atoms. The van der Waals surface area contributed by atoms with Crippen molar-refractivity contribution in [2.45, 2.75) is 11.5 Å². The minimum absolute atomic E-state index is 0.0444. The zero-order valence-electron chi connectivity index (χ0n) is 14.2. The van der Waals surface area contributed by atoms with Gasteiger partial charge >= 0.3 is 5.97 Å². The number of aliphatic carboxylic acids is 1. The van der Waals surface area contributed by atoms with E-state index in [0.29, 0.717) is 0 Å². The zero-order valence-corrected chi connectivity index (χ0v) is 15.1. The zero-order chi connectivity index (χ0) is 18.6. The average molecular weight is 363 g/mol. The largest absolute Gasteiger partial charge is 0.480 e. The second-order valence-electron chi connectivity index (χ2n) is 6.19. The highest BCUT2D eigenvalue weighted by molar-refractivity contribution is 7.80. The van der Waals surface area contributed by atoms with Crippen molar-refractivity contribution in [2.75, 3.05) is 5.75 Å². The second kappa shape index (κ2) is 7.77. The SMILES string of the molecule is C1=CC2=CC(=C1)C2(c1ccccc1)c1ccccc1.N[C@@H](CS)C(=O)O. The van der Waals surface area contributed by atoms with Gasteiger partial charge in [-0.1, -0.05) is 84.9 Å². The van der Waals surface area contributed by atoms with Gasteiger partial charge in [-0.05, 0) is 22.3 Å². The third-order valence-electron chi connectivity index (χ3n) is 4.66. The Labute approximate surface area is 158 Å². The van der Waals surface area contributed by atoms with Gasteiger partial charge < -0.3 is 10.8 Å². The number of hydrogen-bond donors (Lipinski definition) is 3. The molecule has 3 nitrogen and oxygen atoms in total. The Balaban J connectivity index is 0.000000242. The van der Waals surface area contributed by atoms with Crippen LogP contribution in [0.25, 0.3) is 0 Å². The number of thiol groups is 1. The summed E-state index contributed by atoms with van der Waals surface area (Å²) in [5.74, 6) is -0.815. The lowest BCUT2D eigenvalue weighted by Gasteiger charge is -2.43. The predicted molar refractivity (Wildman–Crippen MR) is 108 cm³/mol. The topological polar surface area (TPSA) is 63.3 Å². The van der Waals surface area contributed by atoms with E-state index in [9.17, 15) is 4.79 Å². The van der Waals surface area contributed by atoms with E-state index in [1.165, 1.54) is 22.3 Å². The second-order valence-corrected chi connectivity index (χ2v) is 6.56. The molecule has 3 aromatic carbocycles. The molecule has 0 amide bonds. The summed E-state index contributed by atoms with van der Waals surface area (Å²) in [4.78, 5) is 9.76. The van der Waals surface area contributed by atoms with Crippen molar-refractivity contribution in [3.63, 3.8) is 0 Å². The fourth-order valence-electron chi connectivity index (χ4n) is 3.36. The quantitative estimate of drug-likeness (QED) is 0.484. The smallest absolute Gasteiger partial charge is 0.321 e. The van der Waals surface area contributed by atoms with Crippen LogP contribution in [0, 0.1) is 0 Å². The van der Waals surface area contributed by atoms with E-state index in [1.807, 2.05) is 0 Å². The normalized spacial score (nSPS) is 14.4. The molecule has 5 rings (SSSR count). The molecule has 0 fully saturated rings. The van der Waals surface area contributed by atoms with E-state index < -0.39 is 12.0 Å². The molecule has 132 valence electrons. The van der Waals surface area contributed by atoms with Crippen molar-refractivity contribution in [1.29, 1.82) is 0 Å². The van der Waals surface area contributed by atoms with Crippen LogP contribution in [-0.2, 0) is 10.2 Å². The molecule has 2 aliphatic rings. The molecule has 0 spiro atoms. The third kappa shape index (κ3) is 3.14. The number of carboxylic acid groups (broad SMARTS) is 1. The average Bonchev–Trinajstić information content (AvgIpc) is 2.70. The molecule has 0 saturated heterocycles. The Morgan fingerprint density at radius 3 is 1.58 bits per heavy atom. The lowest BCUT2D eigenvalue weighted by Crippen LogP contribution is -2.37. The maximum Gasteiger partial charge on any atom is 0.321 e. The van der Waals surface area contributed by atoms with Gasteiger partial charge in [0.2, 0.25) is 0 Å². The monoisotopic (exact) mass is 363 g/mol. The van der Waals surface area contributed by atoms with E-state index in [0.717, 1.165) is 0 Å². The molecule has 0 radical (unpaired) electrons. The highest BCUT2D eigenvalue weighted by Gasteiger charge is 2.44. The van der Waals surface area contributed by atoms with Crippen LogP contribution in [0.2, 0.25) is 0 Å². The van der Waals surface area contributed by atoms with Gasteiger partial charge in [0.1, 0.15) is 6.04 Å². The summed E-state index contributed by atoms with van der Waals surface area (Å²) in [5, 5.41) is 8.01. The third-order valence-corrected chi connectivity index (χ3v) is 5.05. The maximum atomic E-state index is 9.76. The van der Waals surface area contributed by atoms with Gasteiger partial charge in [-0.15, -0.1) is 0 Å². The maximum absolute atomic E-state index is 9.76. The summed E-state index contributed by atoms with van der Waals surface area (Å²) in [7, 11) is 0. The van der Waals surface area contributed by atoms with Crippen molar-refractivity contribution < 1.29 is 9.90 Å². The molecule has 0 unspecified atom stereocenters. The van der Waals surface area contributed by atoms with Crippen LogP contribution in [0.1, 0.15) is 22.3 Å². The van der Waals surface area contributed by atoms with E-state index in [4.69, 9.17) is 10.8 Å². The van der Waals surface area contributed by atoms with Crippen molar-refractivity contribution in [3.05, 3.63) is 107 Å². The number of nitrogens with two attached hydrogens (primary N) is 1. The van der Waals surface area contributed by atoms with Crippen LogP contribution in [-0.4, -0.2) is 22.9 Å². The highest BCUT2D eigenvalue weighted by atomic mass is 32.1. The standard InChI is InChI=1S/C19H14.C3H7NO2S/c1-3-8-15(9-4-1)19(16-10-5-2-6-11-16)17-12-7-13-18(19)14-17;4-2(1-7)3(5)6/h1-14H;2,7H,1,4H2,(H,5,6)/t;2-/m.0/s1. The van der Waals surface area contributed by atoms with E-state index in [-0.39, 0.29) is 11.2 Å². The molecule has 0 heterocycles. The molecule has 2 aliphatic carbocycles.